The van der Waals surface area contributed by atoms with Crippen LogP contribution in [0.5, 0.6) is 0 Å². The molecule has 7 heteroatoms. The molecule has 0 atom stereocenters. The fourth-order valence-corrected chi connectivity index (χ4v) is 3.34. The Bertz CT molecular complexity index is 1270. The van der Waals surface area contributed by atoms with Crippen molar-refractivity contribution in [2.75, 3.05) is 5.32 Å². The van der Waals surface area contributed by atoms with E-state index in [1.54, 1.807) is 28.3 Å². The predicted octanol–water partition coefficient (Wildman–Crippen LogP) is 3.81. The molecule has 1 N–H and O–H groups in total. The Morgan fingerprint density at radius 1 is 1.14 bits per heavy atom. The van der Waals surface area contributed by atoms with Crippen molar-refractivity contribution in [1.29, 1.82) is 0 Å². The van der Waals surface area contributed by atoms with Crippen LogP contribution in [0.15, 0.2) is 51.7 Å². The zero-order valence-electron chi connectivity index (χ0n) is 17.0. The smallest absolute Gasteiger partial charge is 0.328 e. The zero-order chi connectivity index (χ0) is 20.8. The predicted molar refractivity (Wildman–Crippen MR) is 113 cm³/mol. The van der Waals surface area contributed by atoms with Gasteiger partial charge in [0.15, 0.2) is 5.58 Å². The third-order valence-corrected chi connectivity index (χ3v) is 4.93. The number of carbonyl (C=O) groups excluding carboxylic acids is 1. The molecule has 0 radical (unpaired) electrons. The number of aryl methyl sites for hydroxylation is 2. The molecule has 0 bridgehead atoms. The number of benzene rings is 2. The van der Waals surface area contributed by atoms with E-state index in [2.05, 4.69) is 10.3 Å². The highest BCUT2D eigenvalue weighted by atomic mass is 16.3. The summed E-state index contributed by atoms with van der Waals surface area (Å²) in [4.78, 5) is 29.5. The molecule has 0 saturated carbocycles. The van der Waals surface area contributed by atoms with Gasteiger partial charge in [-0.2, -0.15) is 0 Å². The fourth-order valence-electron chi connectivity index (χ4n) is 3.34. The number of imidazole rings is 1. The summed E-state index contributed by atoms with van der Waals surface area (Å²) >= 11 is 0. The molecule has 29 heavy (non-hydrogen) atoms. The minimum atomic E-state index is -0.186. The first-order valence-corrected chi connectivity index (χ1v) is 9.59. The number of fused-ring (bicyclic) bond motifs is 2. The fraction of sp³-hybridized carbons (Fsp3) is 0.318. The lowest BCUT2D eigenvalue weighted by Gasteiger charge is -2.11. The summed E-state index contributed by atoms with van der Waals surface area (Å²) in [6.07, 6.45) is 0.192. The number of anilines is 1. The highest BCUT2D eigenvalue weighted by molar-refractivity contribution is 5.92. The molecule has 4 aromatic rings. The van der Waals surface area contributed by atoms with Gasteiger partial charge >= 0.3 is 5.69 Å². The summed E-state index contributed by atoms with van der Waals surface area (Å²) in [7, 11) is 1.74. The van der Waals surface area contributed by atoms with E-state index >= 15 is 0 Å². The molecule has 0 aliphatic rings. The number of aromatic nitrogens is 3. The number of nitrogens with zero attached hydrogens (tertiary/aromatic N) is 3. The average Bonchev–Trinajstić information content (AvgIpc) is 3.20. The first-order chi connectivity index (χ1) is 13.7. The highest BCUT2D eigenvalue weighted by Gasteiger charge is 2.21. The molecule has 4 rings (SSSR count). The molecule has 7 nitrogen and oxygen atoms in total. The molecule has 2 aromatic heterocycles. The van der Waals surface area contributed by atoms with Crippen molar-refractivity contribution >= 4 is 33.7 Å². The lowest BCUT2D eigenvalue weighted by Crippen LogP contribution is -2.24. The van der Waals surface area contributed by atoms with Gasteiger partial charge < -0.3 is 9.73 Å². The maximum Gasteiger partial charge on any atom is 0.328 e. The van der Waals surface area contributed by atoms with E-state index in [0.717, 1.165) is 11.0 Å². The van der Waals surface area contributed by atoms with Crippen LogP contribution in [0, 0.1) is 0 Å². The van der Waals surface area contributed by atoms with Crippen molar-refractivity contribution < 1.29 is 9.21 Å². The van der Waals surface area contributed by atoms with Crippen LogP contribution in [0.3, 0.4) is 0 Å². The molecule has 0 aliphatic carbocycles. The second-order valence-corrected chi connectivity index (χ2v) is 8.23. The molecule has 0 unspecified atom stereocenters. The topological polar surface area (TPSA) is 82.1 Å². The van der Waals surface area contributed by atoms with E-state index in [1.807, 2.05) is 51.1 Å². The van der Waals surface area contributed by atoms with Gasteiger partial charge in [0.25, 0.3) is 0 Å². The number of oxazole rings is 1. The van der Waals surface area contributed by atoms with Crippen LogP contribution in [0.2, 0.25) is 0 Å². The largest absolute Gasteiger partial charge is 0.440 e. The summed E-state index contributed by atoms with van der Waals surface area (Å²) in [5, 5.41) is 2.88. The Kier molecular flexibility index (Phi) is 4.53. The van der Waals surface area contributed by atoms with Crippen LogP contribution in [-0.2, 0) is 23.8 Å². The van der Waals surface area contributed by atoms with Gasteiger partial charge in [-0.15, -0.1) is 0 Å². The molecule has 2 heterocycles. The summed E-state index contributed by atoms with van der Waals surface area (Å²) in [6.45, 7) is 6.42. The molecule has 150 valence electrons. The summed E-state index contributed by atoms with van der Waals surface area (Å²) in [5.74, 6) is 0.495. The first kappa shape index (κ1) is 19.0. The Morgan fingerprint density at radius 2 is 1.86 bits per heavy atom. The van der Waals surface area contributed by atoms with E-state index in [0.29, 0.717) is 29.2 Å². The van der Waals surface area contributed by atoms with Gasteiger partial charge in [0.1, 0.15) is 5.52 Å². The van der Waals surface area contributed by atoms with E-state index in [1.165, 1.54) is 0 Å². The Morgan fingerprint density at radius 3 is 2.59 bits per heavy atom. The maximum absolute atomic E-state index is 12.5. The molecule has 2 aromatic carbocycles. The number of nitrogens with one attached hydrogen (secondary N) is 1. The van der Waals surface area contributed by atoms with Crippen molar-refractivity contribution in [2.45, 2.75) is 39.2 Å². The van der Waals surface area contributed by atoms with Gasteiger partial charge in [0, 0.05) is 31.1 Å². The number of para-hydroxylation sites is 2. The van der Waals surface area contributed by atoms with Crippen LogP contribution in [-0.4, -0.2) is 20.0 Å². The van der Waals surface area contributed by atoms with Gasteiger partial charge in [-0.3, -0.25) is 13.9 Å². The van der Waals surface area contributed by atoms with E-state index in [-0.39, 0.29) is 23.4 Å². The van der Waals surface area contributed by atoms with Crippen LogP contribution in [0.1, 0.15) is 33.1 Å². The van der Waals surface area contributed by atoms with Gasteiger partial charge in [-0.05, 0) is 30.3 Å². The molecule has 0 spiro atoms. The third kappa shape index (κ3) is 3.55. The van der Waals surface area contributed by atoms with Gasteiger partial charge in [-0.25, -0.2) is 9.78 Å². The number of hydrogen-bond donors (Lipinski definition) is 1. The van der Waals surface area contributed by atoms with Crippen LogP contribution in [0.25, 0.3) is 22.1 Å². The zero-order valence-corrected chi connectivity index (χ0v) is 17.0. The second-order valence-electron chi connectivity index (χ2n) is 8.23. The molecule has 0 saturated heterocycles. The Labute approximate surface area is 168 Å². The molecule has 0 fully saturated rings. The van der Waals surface area contributed by atoms with Crippen molar-refractivity contribution in [1.82, 2.24) is 14.1 Å². The number of rotatable bonds is 4. The van der Waals surface area contributed by atoms with Crippen molar-refractivity contribution in [3.63, 3.8) is 0 Å². The number of amides is 1. The van der Waals surface area contributed by atoms with E-state index in [9.17, 15) is 9.59 Å². The lowest BCUT2D eigenvalue weighted by atomic mass is 9.97. The normalized spacial score (nSPS) is 12.0. The van der Waals surface area contributed by atoms with Crippen LogP contribution in [0.4, 0.5) is 5.69 Å². The summed E-state index contributed by atoms with van der Waals surface area (Å²) in [6, 6.07) is 13.0. The Hall–Kier alpha value is -3.35. The monoisotopic (exact) mass is 392 g/mol. The standard InChI is InChI=1S/C22H24N4O3/c1-22(2,3)20-24-15-13-14(9-10-18(15)29-20)23-19(27)11-12-26-17-8-6-5-7-16(17)25(4)21(26)28/h5-10,13H,11-12H2,1-4H3,(H,23,27). The van der Waals surface area contributed by atoms with Gasteiger partial charge in [0.05, 0.1) is 11.0 Å². The second kappa shape index (κ2) is 6.92. The summed E-state index contributed by atoms with van der Waals surface area (Å²) < 4.78 is 9.02. The first-order valence-electron chi connectivity index (χ1n) is 9.59. The van der Waals surface area contributed by atoms with Crippen molar-refractivity contribution in [2.24, 2.45) is 7.05 Å². The van der Waals surface area contributed by atoms with Crippen LogP contribution < -0.4 is 11.0 Å². The third-order valence-electron chi connectivity index (χ3n) is 4.93. The van der Waals surface area contributed by atoms with E-state index < -0.39 is 0 Å². The Balaban J connectivity index is 1.49. The molecule has 1 amide bonds. The molecule has 0 aliphatic heterocycles. The summed E-state index contributed by atoms with van der Waals surface area (Å²) in [5.41, 5.74) is 3.41. The lowest BCUT2D eigenvalue weighted by molar-refractivity contribution is -0.116. The van der Waals surface area contributed by atoms with Crippen molar-refractivity contribution in [3.05, 3.63) is 58.8 Å². The van der Waals surface area contributed by atoms with E-state index in [4.69, 9.17) is 4.42 Å². The highest BCUT2D eigenvalue weighted by Crippen LogP contribution is 2.27. The quantitative estimate of drug-likeness (QED) is 0.573. The number of hydrogen-bond acceptors (Lipinski definition) is 4. The van der Waals surface area contributed by atoms with Crippen molar-refractivity contribution in [3.8, 4) is 0 Å². The van der Waals surface area contributed by atoms with Gasteiger partial charge in [-0.1, -0.05) is 32.9 Å². The molecular weight excluding hydrogens is 368 g/mol. The average molecular weight is 392 g/mol. The number of carbonyl (C=O) groups is 1. The maximum atomic E-state index is 12.5. The molecular formula is C22H24N4O3. The van der Waals surface area contributed by atoms with Gasteiger partial charge in [0.2, 0.25) is 11.8 Å². The SMILES string of the molecule is Cn1c(=O)n(CCC(=O)Nc2ccc3oc(C(C)(C)C)nc3c2)c2ccccc21. The van der Waals surface area contributed by atoms with Crippen LogP contribution >= 0.6 is 0 Å². The minimum absolute atomic E-state index is 0.127. The minimum Gasteiger partial charge on any atom is -0.440 e.